The minimum absolute atomic E-state index is 0.173. The van der Waals surface area contributed by atoms with E-state index in [9.17, 15) is 0 Å². The van der Waals surface area contributed by atoms with Gasteiger partial charge >= 0.3 is 0 Å². The van der Waals surface area contributed by atoms with Crippen LogP contribution < -0.4 is 9.80 Å². The highest BCUT2D eigenvalue weighted by molar-refractivity contribution is 5.93. The van der Waals surface area contributed by atoms with Crippen molar-refractivity contribution in [3.8, 4) is 0 Å². The van der Waals surface area contributed by atoms with Gasteiger partial charge in [0.2, 0.25) is 0 Å². The maximum Gasteiger partial charge on any atom is 0.159 e. The Balaban J connectivity index is 1.71. The van der Waals surface area contributed by atoms with Crippen molar-refractivity contribution in [2.75, 3.05) is 9.80 Å². The van der Waals surface area contributed by atoms with Crippen molar-refractivity contribution in [1.82, 2.24) is 4.98 Å². The first-order valence-corrected chi connectivity index (χ1v) is 11.9. The average Bonchev–Trinajstić information content (AvgIpc) is 3.17. The number of anilines is 4. The lowest BCUT2D eigenvalue weighted by Gasteiger charge is -2.53. The zero-order valence-electron chi connectivity index (χ0n) is 19.0. The van der Waals surface area contributed by atoms with Gasteiger partial charge in [-0.15, -0.1) is 0 Å². The number of fused-ring (bicyclic) bond motifs is 7. The lowest BCUT2D eigenvalue weighted by Crippen LogP contribution is -2.56. The van der Waals surface area contributed by atoms with E-state index in [0.29, 0.717) is 11.8 Å². The summed E-state index contributed by atoms with van der Waals surface area (Å²) in [5.74, 6) is 2.03. The van der Waals surface area contributed by atoms with E-state index in [1.807, 2.05) is 6.20 Å². The van der Waals surface area contributed by atoms with Gasteiger partial charge in [-0.3, -0.25) is 0 Å². The molecule has 3 atom stereocenters. The summed E-state index contributed by atoms with van der Waals surface area (Å²) in [5, 5.41) is 0. The Labute approximate surface area is 185 Å². The fourth-order valence-corrected chi connectivity index (χ4v) is 7.07. The molecule has 0 saturated carbocycles. The van der Waals surface area contributed by atoms with Gasteiger partial charge in [-0.2, -0.15) is 0 Å². The largest absolute Gasteiger partial charge is 0.316 e. The molecule has 0 spiro atoms. The van der Waals surface area contributed by atoms with Crippen LogP contribution in [0.5, 0.6) is 0 Å². The number of hydrogen-bond donors (Lipinski definition) is 0. The van der Waals surface area contributed by atoms with Crippen LogP contribution in [0, 0.1) is 5.92 Å². The third-order valence-electron chi connectivity index (χ3n) is 8.53. The summed E-state index contributed by atoms with van der Waals surface area (Å²) in [6.07, 6.45) is 5.74. The second kappa shape index (κ2) is 6.59. The molecule has 0 aliphatic carbocycles. The van der Waals surface area contributed by atoms with E-state index in [-0.39, 0.29) is 11.6 Å². The van der Waals surface area contributed by atoms with Crippen LogP contribution in [0.2, 0.25) is 0 Å². The van der Waals surface area contributed by atoms with E-state index in [1.165, 1.54) is 33.8 Å². The Morgan fingerprint density at radius 1 is 0.839 bits per heavy atom. The fourth-order valence-electron chi connectivity index (χ4n) is 7.07. The summed E-state index contributed by atoms with van der Waals surface area (Å²) >= 11 is 0. The van der Waals surface area contributed by atoms with Crippen LogP contribution in [0.4, 0.5) is 22.9 Å². The summed E-state index contributed by atoms with van der Waals surface area (Å²) in [7, 11) is 0. The molecule has 4 heterocycles. The van der Waals surface area contributed by atoms with E-state index in [4.69, 9.17) is 4.98 Å². The minimum atomic E-state index is 0.173. The van der Waals surface area contributed by atoms with Gasteiger partial charge in [-0.25, -0.2) is 4.98 Å². The number of rotatable bonds is 3. The Kier molecular flexibility index (Phi) is 4.02. The molecule has 0 fully saturated rings. The van der Waals surface area contributed by atoms with Crippen molar-refractivity contribution >= 4 is 22.9 Å². The molecule has 0 saturated heterocycles. The Morgan fingerprint density at radius 2 is 1.55 bits per heavy atom. The second-order valence-corrected chi connectivity index (χ2v) is 9.40. The lowest BCUT2D eigenvalue weighted by molar-refractivity contribution is 0.194. The van der Waals surface area contributed by atoms with E-state index >= 15 is 0 Å². The van der Waals surface area contributed by atoms with E-state index in [1.54, 1.807) is 0 Å². The van der Waals surface area contributed by atoms with E-state index < -0.39 is 0 Å². The molecule has 31 heavy (non-hydrogen) atoms. The standard InChI is InChI=1S/C28H31N3/c1-5-21-27-30-23-14-10-8-12-19(23)18(4)20-16-17-29-26(25(20)30)31(27)24-15-11-9-13-22(24)28(21,6-2)7-3/h8-18,21,27H,5-7H2,1-4H3. The summed E-state index contributed by atoms with van der Waals surface area (Å²) in [4.78, 5) is 10.2. The fraction of sp³-hybridized carbons (Fsp3) is 0.393. The normalized spacial score (nSPS) is 24.3. The van der Waals surface area contributed by atoms with Crippen LogP contribution in [0.25, 0.3) is 0 Å². The summed E-state index contributed by atoms with van der Waals surface area (Å²) in [5.41, 5.74) is 8.56. The first-order chi connectivity index (χ1) is 15.2. The minimum Gasteiger partial charge on any atom is -0.316 e. The first kappa shape index (κ1) is 18.9. The van der Waals surface area contributed by atoms with Crippen molar-refractivity contribution in [3.05, 3.63) is 77.5 Å². The number of hydrogen-bond acceptors (Lipinski definition) is 3. The molecule has 0 radical (unpaired) electrons. The summed E-state index contributed by atoms with van der Waals surface area (Å²) < 4.78 is 0. The highest BCUT2D eigenvalue weighted by Gasteiger charge is 2.56. The van der Waals surface area contributed by atoms with Gasteiger partial charge in [0.05, 0.1) is 5.69 Å². The molecule has 158 valence electrons. The average molecular weight is 410 g/mol. The van der Waals surface area contributed by atoms with Crippen LogP contribution in [0.1, 0.15) is 69.6 Å². The van der Waals surface area contributed by atoms with Crippen LogP contribution >= 0.6 is 0 Å². The van der Waals surface area contributed by atoms with Crippen LogP contribution in [0.3, 0.4) is 0 Å². The first-order valence-electron chi connectivity index (χ1n) is 11.9. The molecule has 1 aromatic heterocycles. The maximum atomic E-state index is 5.00. The molecule has 3 aliphatic heterocycles. The molecular formula is C28H31N3. The number of pyridine rings is 1. The van der Waals surface area contributed by atoms with Crippen molar-refractivity contribution in [3.63, 3.8) is 0 Å². The van der Waals surface area contributed by atoms with E-state index in [2.05, 4.69) is 92.1 Å². The smallest absolute Gasteiger partial charge is 0.159 e. The predicted molar refractivity (Wildman–Crippen MR) is 129 cm³/mol. The van der Waals surface area contributed by atoms with Gasteiger partial charge in [0, 0.05) is 34.8 Å². The molecule has 3 aromatic rings. The molecule has 2 aromatic carbocycles. The molecule has 0 bridgehead atoms. The molecule has 3 heteroatoms. The Hall–Kier alpha value is -2.81. The molecule has 3 unspecified atom stereocenters. The Morgan fingerprint density at radius 3 is 2.29 bits per heavy atom. The van der Waals surface area contributed by atoms with Crippen molar-refractivity contribution < 1.29 is 0 Å². The molecule has 0 amide bonds. The van der Waals surface area contributed by atoms with Crippen LogP contribution in [-0.4, -0.2) is 11.1 Å². The maximum absolute atomic E-state index is 5.00. The number of para-hydroxylation sites is 2. The molecule has 6 rings (SSSR count). The van der Waals surface area contributed by atoms with Crippen molar-refractivity contribution in [1.29, 1.82) is 0 Å². The monoisotopic (exact) mass is 409 g/mol. The third-order valence-corrected chi connectivity index (χ3v) is 8.53. The molecule has 3 nitrogen and oxygen atoms in total. The molecule has 3 aliphatic rings. The van der Waals surface area contributed by atoms with Crippen LogP contribution in [0.15, 0.2) is 60.8 Å². The van der Waals surface area contributed by atoms with Gasteiger partial charge in [0.1, 0.15) is 6.17 Å². The second-order valence-electron chi connectivity index (χ2n) is 9.40. The predicted octanol–water partition coefficient (Wildman–Crippen LogP) is 7.26. The van der Waals surface area contributed by atoms with Gasteiger partial charge in [-0.1, -0.05) is 64.1 Å². The molecular weight excluding hydrogens is 378 g/mol. The van der Waals surface area contributed by atoms with Crippen LogP contribution in [-0.2, 0) is 5.41 Å². The third kappa shape index (κ3) is 2.17. The van der Waals surface area contributed by atoms with E-state index in [0.717, 1.165) is 25.1 Å². The number of nitrogens with zero attached hydrogens (tertiary/aromatic N) is 3. The van der Waals surface area contributed by atoms with Gasteiger partial charge in [0.15, 0.2) is 5.82 Å². The lowest BCUT2D eigenvalue weighted by atomic mass is 9.61. The van der Waals surface area contributed by atoms with Gasteiger partial charge in [-0.05, 0) is 54.2 Å². The quantitative estimate of drug-likeness (QED) is 0.454. The molecule has 0 N–H and O–H groups in total. The topological polar surface area (TPSA) is 19.4 Å². The van der Waals surface area contributed by atoms with Crippen molar-refractivity contribution in [2.24, 2.45) is 5.92 Å². The number of benzene rings is 2. The van der Waals surface area contributed by atoms with Gasteiger partial charge in [0.25, 0.3) is 0 Å². The highest BCUT2D eigenvalue weighted by atomic mass is 15.5. The number of aromatic nitrogens is 1. The zero-order chi connectivity index (χ0) is 21.3. The van der Waals surface area contributed by atoms with Crippen molar-refractivity contribution in [2.45, 2.75) is 64.5 Å². The van der Waals surface area contributed by atoms with Gasteiger partial charge < -0.3 is 9.80 Å². The highest BCUT2D eigenvalue weighted by Crippen LogP contribution is 2.63. The summed E-state index contributed by atoms with van der Waals surface area (Å²) in [6, 6.07) is 20.4. The summed E-state index contributed by atoms with van der Waals surface area (Å²) in [6.45, 7) is 9.50. The zero-order valence-corrected chi connectivity index (χ0v) is 19.0. The SMILES string of the molecule is CCC1C2N(c3ccccc3C1(CC)CC)c1nccc3c1N2c1ccccc1C3C. The Bertz CT molecular complexity index is 1160.